The molecule has 2 N–H and O–H groups in total. The molecule has 0 saturated heterocycles. The summed E-state index contributed by atoms with van der Waals surface area (Å²) in [6.07, 6.45) is 10.2. The van der Waals surface area contributed by atoms with Crippen LogP contribution in [0.5, 0.6) is 0 Å². The molecule has 4 aromatic rings. The first-order chi connectivity index (χ1) is 17.0. The zero-order valence-electron chi connectivity index (χ0n) is 19.8. The van der Waals surface area contributed by atoms with E-state index in [0.717, 1.165) is 36.8 Å². The van der Waals surface area contributed by atoms with E-state index < -0.39 is 11.6 Å². The van der Waals surface area contributed by atoms with E-state index in [4.69, 9.17) is 10.5 Å². The van der Waals surface area contributed by atoms with E-state index in [1.807, 2.05) is 19.3 Å². The van der Waals surface area contributed by atoms with Crippen LogP contribution in [0.2, 0.25) is 0 Å². The van der Waals surface area contributed by atoms with Crippen molar-refractivity contribution >= 4 is 5.52 Å². The van der Waals surface area contributed by atoms with E-state index in [1.165, 1.54) is 17.7 Å². The number of nitrogens with two attached hydrogens (primary N) is 1. The molecule has 0 spiro atoms. The largest absolute Gasteiger partial charge is 0.377 e. The normalized spacial score (nSPS) is 18.3. The van der Waals surface area contributed by atoms with Crippen LogP contribution in [0, 0.1) is 11.6 Å². The summed E-state index contributed by atoms with van der Waals surface area (Å²) < 4.78 is 36.8. The highest BCUT2D eigenvalue weighted by atomic mass is 19.1. The van der Waals surface area contributed by atoms with Gasteiger partial charge in [0.25, 0.3) is 0 Å². The lowest BCUT2D eigenvalue weighted by Gasteiger charge is -2.28. The first kappa shape index (κ1) is 23.5. The summed E-state index contributed by atoms with van der Waals surface area (Å²) in [6, 6.07) is 8.27. The van der Waals surface area contributed by atoms with Gasteiger partial charge < -0.3 is 10.5 Å². The third-order valence-electron chi connectivity index (χ3n) is 6.73. The second-order valence-corrected chi connectivity index (χ2v) is 9.18. The van der Waals surface area contributed by atoms with E-state index in [2.05, 4.69) is 21.1 Å². The quantitative estimate of drug-likeness (QED) is 0.397. The molecule has 1 aromatic carbocycles. The molecule has 1 aliphatic rings. The predicted octanol–water partition coefficient (Wildman–Crippen LogP) is 5.18. The van der Waals surface area contributed by atoms with Crippen molar-refractivity contribution in [1.29, 1.82) is 0 Å². The molecule has 0 aliphatic heterocycles. The van der Waals surface area contributed by atoms with Crippen molar-refractivity contribution in [3.05, 3.63) is 83.1 Å². The van der Waals surface area contributed by atoms with Gasteiger partial charge in [0, 0.05) is 31.5 Å². The van der Waals surface area contributed by atoms with E-state index in [-0.39, 0.29) is 23.9 Å². The SMILES string of the molecule is CCOCc1cc(F)c(-c2ccc3cnc(Cc4cnccc4C4CCC[C@H](N)C4)n3n2)c(F)c1. The highest BCUT2D eigenvalue weighted by Crippen LogP contribution is 2.34. The van der Waals surface area contributed by atoms with Crippen molar-refractivity contribution in [3.8, 4) is 11.3 Å². The van der Waals surface area contributed by atoms with Crippen molar-refractivity contribution in [2.75, 3.05) is 6.61 Å². The Morgan fingerprint density at radius 2 is 1.94 bits per heavy atom. The molecule has 8 heteroatoms. The summed E-state index contributed by atoms with van der Waals surface area (Å²) in [7, 11) is 0. The molecule has 35 heavy (non-hydrogen) atoms. The Morgan fingerprint density at radius 1 is 1.11 bits per heavy atom. The molecule has 0 bridgehead atoms. The fourth-order valence-corrected chi connectivity index (χ4v) is 5.03. The third-order valence-corrected chi connectivity index (χ3v) is 6.73. The second-order valence-electron chi connectivity index (χ2n) is 9.18. The molecule has 1 unspecified atom stereocenters. The number of benzene rings is 1. The number of hydrogen-bond acceptors (Lipinski definition) is 5. The third kappa shape index (κ3) is 4.94. The lowest BCUT2D eigenvalue weighted by atomic mass is 9.80. The van der Waals surface area contributed by atoms with Gasteiger partial charge in [-0.25, -0.2) is 18.3 Å². The fourth-order valence-electron chi connectivity index (χ4n) is 5.03. The average Bonchev–Trinajstić information content (AvgIpc) is 3.25. The van der Waals surface area contributed by atoms with Crippen molar-refractivity contribution in [3.63, 3.8) is 0 Å². The van der Waals surface area contributed by atoms with E-state index >= 15 is 0 Å². The summed E-state index contributed by atoms with van der Waals surface area (Å²) in [5, 5.41) is 4.57. The van der Waals surface area contributed by atoms with E-state index in [1.54, 1.807) is 22.8 Å². The summed E-state index contributed by atoms with van der Waals surface area (Å²) in [5.41, 5.74) is 9.80. The summed E-state index contributed by atoms with van der Waals surface area (Å²) in [6.45, 7) is 2.46. The van der Waals surface area contributed by atoms with Crippen molar-refractivity contribution in [2.45, 2.75) is 57.6 Å². The molecule has 5 rings (SSSR count). The van der Waals surface area contributed by atoms with E-state index in [0.29, 0.717) is 30.3 Å². The Hall–Kier alpha value is -3.23. The van der Waals surface area contributed by atoms with Crippen LogP contribution in [-0.4, -0.2) is 32.2 Å². The Morgan fingerprint density at radius 3 is 2.71 bits per heavy atom. The molecule has 0 radical (unpaired) electrons. The lowest BCUT2D eigenvalue weighted by molar-refractivity contribution is 0.133. The minimum Gasteiger partial charge on any atom is -0.377 e. The Balaban J connectivity index is 1.48. The molecule has 1 saturated carbocycles. The van der Waals surface area contributed by atoms with Gasteiger partial charge >= 0.3 is 0 Å². The molecule has 182 valence electrons. The summed E-state index contributed by atoms with van der Waals surface area (Å²) in [4.78, 5) is 8.90. The van der Waals surface area contributed by atoms with Gasteiger partial charge in [-0.2, -0.15) is 5.10 Å². The molecule has 2 atom stereocenters. The standard InChI is InChI=1S/C27H29F2N5O/c1-2-35-16-17-10-23(28)27(24(29)11-17)25-7-6-21-15-32-26(34(21)33-25)13-19-14-31-9-8-22(19)18-4-3-5-20(30)12-18/h6-11,14-15,18,20H,2-5,12-13,16,30H2,1H3/t18?,20-/m0/s1. The van der Waals surface area contributed by atoms with Gasteiger partial charge in [0.05, 0.1) is 29.6 Å². The monoisotopic (exact) mass is 477 g/mol. The maximum atomic E-state index is 14.9. The molecular formula is C27H29F2N5O. The predicted molar refractivity (Wildman–Crippen MR) is 130 cm³/mol. The Kier molecular flexibility index (Phi) is 6.83. The Bertz CT molecular complexity index is 1320. The van der Waals surface area contributed by atoms with Crippen molar-refractivity contribution in [1.82, 2.24) is 19.6 Å². The van der Waals surface area contributed by atoms with Crippen LogP contribution in [0.25, 0.3) is 16.8 Å². The average molecular weight is 478 g/mol. The van der Waals surface area contributed by atoms with Gasteiger partial charge in [-0.1, -0.05) is 6.42 Å². The smallest absolute Gasteiger partial charge is 0.135 e. The number of pyridine rings is 1. The summed E-state index contributed by atoms with van der Waals surface area (Å²) >= 11 is 0. The van der Waals surface area contributed by atoms with Gasteiger partial charge in [-0.3, -0.25) is 4.98 Å². The number of ether oxygens (including phenoxy) is 1. The van der Waals surface area contributed by atoms with Crippen LogP contribution in [0.3, 0.4) is 0 Å². The zero-order chi connectivity index (χ0) is 24.4. The second kappa shape index (κ2) is 10.2. The number of fused-ring (bicyclic) bond motifs is 1. The zero-order valence-corrected chi connectivity index (χ0v) is 19.8. The number of aromatic nitrogens is 4. The number of nitrogens with zero attached hydrogens (tertiary/aromatic N) is 4. The Labute approximate surface area is 203 Å². The van der Waals surface area contributed by atoms with Crippen LogP contribution in [0.15, 0.2) is 48.9 Å². The highest BCUT2D eigenvalue weighted by Gasteiger charge is 2.23. The van der Waals surface area contributed by atoms with Crippen LogP contribution in [0.4, 0.5) is 8.78 Å². The van der Waals surface area contributed by atoms with Gasteiger partial charge in [0.2, 0.25) is 0 Å². The molecule has 3 aromatic heterocycles. The van der Waals surface area contributed by atoms with Gasteiger partial charge in [-0.15, -0.1) is 0 Å². The molecule has 3 heterocycles. The van der Waals surface area contributed by atoms with Gasteiger partial charge in [0.15, 0.2) is 0 Å². The minimum absolute atomic E-state index is 0.155. The fraction of sp³-hybridized carbons (Fsp3) is 0.370. The number of rotatable bonds is 7. The highest BCUT2D eigenvalue weighted by molar-refractivity contribution is 5.63. The molecule has 6 nitrogen and oxygen atoms in total. The maximum Gasteiger partial charge on any atom is 0.135 e. The van der Waals surface area contributed by atoms with Crippen LogP contribution in [0.1, 0.15) is 61.0 Å². The van der Waals surface area contributed by atoms with E-state index in [9.17, 15) is 8.78 Å². The van der Waals surface area contributed by atoms with Crippen molar-refractivity contribution in [2.24, 2.45) is 5.73 Å². The first-order valence-electron chi connectivity index (χ1n) is 12.1. The van der Waals surface area contributed by atoms with Gasteiger partial charge in [-0.05, 0) is 79.1 Å². The lowest BCUT2D eigenvalue weighted by Crippen LogP contribution is -2.27. The van der Waals surface area contributed by atoms with Crippen molar-refractivity contribution < 1.29 is 13.5 Å². The summed E-state index contributed by atoms with van der Waals surface area (Å²) in [5.74, 6) is -0.261. The topological polar surface area (TPSA) is 78.3 Å². The number of halogens is 2. The first-order valence-corrected chi connectivity index (χ1v) is 12.1. The van der Waals surface area contributed by atoms with Gasteiger partial charge in [0.1, 0.15) is 17.5 Å². The van der Waals surface area contributed by atoms with Crippen LogP contribution in [-0.2, 0) is 17.8 Å². The molecule has 0 amide bonds. The molecule has 1 aliphatic carbocycles. The van der Waals surface area contributed by atoms with Crippen LogP contribution >= 0.6 is 0 Å². The molecule has 1 fully saturated rings. The number of imidazole rings is 1. The van der Waals surface area contributed by atoms with Crippen LogP contribution < -0.4 is 5.73 Å². The molecular weight excluding hydrogens is 448 g/mol. The number of hydrogen-bond donors (Lipinski definition) is 1. The maximum absolute atomic E-state index is 14.9. The minimum atomic E-state index is -0.670.